The molecule has 28 heavy (non-hydrogen) atoms. The second-order valence-corrected chi connectivity index (χ2v) is 8.60. The van der Waals surface area contributed by atoms with Crippen LogP contribution in [0.4, 0.5) is 0 Å². The number of hydrogen-bond acceptors (Lipinski definition) is 4. The van der Waals surface area contributed by atoms with E-state index >= 15 is 0 Å². The molecular formula is C22H27N3O2S. The van der Waals surface area contributed by atoms with E-state index in [0.717, 1.165) is 57.0 Å². The summed E-state index contributed by atoms with van der Waals surface area (Å²) in [5, 5.41) is 1.93. The first-order chi connectivity index (χ1) is 13.7. The van der Waals surface area contributed by atoms with Crippen LogP contribution < -0.4 is 0 Å². The first kappa shape index (κ1) is 19.2. The second kappa shape index (κ2) is 8.88. The van der Waals surface area contributed by atoms with Gasteiger partial charge >= 0.3 is 0 Å². The van der Waals surface area contributed by atoms with Gasteiger partial charge in [0.05, 0.1) is 10.8 Å². The molecule has 1 atom stereocenters. The van der Waals surface area contributed by atoms with Crippen LogP contribution in [0.5, 0.6) is 0 Å². The highest BCUT2D eigenvalue weighted by Gasteiger charge is 2.33. The lowest BCUT2D eigenvalue weighted by Gasteiger charge is -2.39. The van der Waals surface area contributed by atoms with Crippen LogP contribution in [0.1, 0.15) is 28.1 Å². The average molecular weight is 398 g/mol. The lowest BCUT2D eigenvalue weighted by molar-refractivity contribution is -0.138. The van der Waals surface area contributed by atoms with Crippen molar-refractivity contribution in [2.45, 2.75) is 19.4 Å². The molecular weight excluding hydrogens is 370 g/mol. The van der Waals surface area contributed by atoms with Gasteiger partial charge in [-0.05, 0) is 29.9 Å². The number of piperidine rings is 1. The number of carbonyl (C=O) groups is 2. The Kier molecular flexibility index (Phi) is 6.07. The molecule has 1 aromatic carbocycles. The van der Waals surface area contributed by atoms with Crippen molar-refractivity contribution in [2.75, 3.05) is 39.3 Å². The van der Waals surface area contributed by atoms with Crippen molar-refractivity contribution in [3.05, 3.63) is 58.3 Å². The van der Waals surface area contributed by atoms with Crippen LogP contribution in [0, 0.1) is 5.92 Å². The molecule has 0 saturated carbocycles. The number of piperazine rings is 1. The predicted molar refractivity (Wildman–Crippen MR) is 111 cm³/mol. The maximum Gasteiger partial charge on any atom is 0.263 e. The fourth-order valence-corrected chi connectivity index (χ4v) is 4.84. The summed E-state index contributed by atoms with van der Waals surface area (Å²) in [6, 6.07) is 14.3. The fraction of sp³-hybridized carbons (Fsp3) is 0.455. The molecule has 6 heteroatoms. The van der Waals surface area contributed by atoms with Gasteiger partial charge in [0.2, 0.25) is 5.91 Å². The smallest absolute Gasteiger partial charge is 0.263 e. The number of benzene rings is 1. The minimum absolute atomic E-state index is 0.0571. The quantitative estimate of drug-likeness (QED) is 0.797. The van der Waals surface area contributed by atoms with E-state index < -0.39 is 0 Å². The second-order valence-electron chi connectivity index (χ2n) is 7.65. The molecule has 0 spiro atoms. The van der Waals surface area contributed by atoms with Crippen molar-refractivity contribution in [3.63, 3.8) is 0 Å². The van der Waals surface area contributed by atoms with Gasteiger partial charge in [-0.15, -0.1) is 11.3 Å². The van der Waals surface area contributed by atoms with Gasteiger partial charge in [-0.25, -0.2) is 0 Å². The average Bonchev–Trinajstić information content (AvgIpc) is 3.29. The van der Waals surface area contributed by atoms with Crippen LogP contribution in [0.2, 0.25) is 0 Å². The summed E-state index contributed by atoms with van der Waals surface area (Å²) in [4.78, 5) is 32.7. The summed E-state index contributed by atoms with van der Waals surface area (Å²) >= 11 is 1.47. The normalized spacial score (nSPS) is 20.9. The molecule has 5 nitrogen and oxygen atoms in total. The SMILES string of the molecule is O=C(c1cccs1)N1CCCC(C(=O)N2CCN(Cc3ccccc3)CC2)C1. The molecule has 2 saturated heterocycles. The third-order valence-corrected chi connectivity index (χ3v) is 6.58. The van der Waals surface area contributed by atoms with Gasteiger partial charge in [0.25, 0.3) is 5.91 Å². The molecule has 148 valence electrons. The van der Waals surface area contributed by atoms with Gasteiger partial charge in [0.15, 0.2) is 0 Å². The molecule has 2 aliphatic heterocycles. The zero-order chi connectivity index (χ0) is 19.3. The van der Waals surface area contributed by atoms with E-state index in [1.54, 1.807) is 0 Å². The summed E-state index contributed by atoms with van der Waals surface area (Å²) in [5.74, 6) is 0.238. The van der Waals surface area contributed by atoms with E-state index in [0.29, 0.717) is 6.54 Å². The molecule has 1 aromatic heterocycles. The number of nitrogens with zero attached hydrogens (tertiary/aromatic N) is 3. The summed E-state index contributed by atoms with van der Waals surface area (Å²) in [5.41, 5.74) is 1.32. The van der Waals surface area contributed by atoms with Gasteiger partial charge < -0.3 is 9.80 Å². The number of rotatable bonds is 4. The first-order valence-electron chi connectivity index (χ1n) is 10.1. The Morgan fingerprint density at radius 2 is 1.71 bits per heavy atom. The maximum atomic E-state index is 13.0. The molecule has 1 unspecified atom stereocenters. The number of amides is 2. The fourth-order valence-electron chi connectivity index (χ4n) is 4.15. The number of hydrogen-bond donors (Lipinski definition) is 0. The van der Waals surface area contributed by atoms with Gasteiger partial charge in [-0.1, -0.05) is 36.4 Å². The number of likely N-dealkylation sites (tertiary alicyclic amines) is 1. The molecule has 4 rings (SSSR count). The van der Waals surface area contributed by atoms with E-state index in [1.807, 2.05) is 33.4 Å². The van der Waals surface area contributed by atoms with E-state index in [4.69, 9.17) is 0 Å². The standard InChI is InChI=1S/C22H27N3O2S/c26-21(19-8-4-10-25(17-19)22(27)20-9-5-15-28-20)24-13-11-23(12-14-24)16-18-6-2-1-3-7-18/h1-3,5-7,9,15,19H,4,8,10-14,16-17H2. The van der Waals surface area contributed by atoms with Crippen molar-refractivity contribution < 1.29 is 9.59 Å². The van der Waals surface area contributed by atoms with E-state index in [2.05, 4.69) is 29.2 Å². The minimum atomic E-state index is -0.0571. The minimum Gasteiger partial charge on any atom is -0.340 e. The van der Waals surface area contributed by atoms with Gasteiger partial charge in [0, 0.05) is 45.8 Å². The van der Waals surface area contributed by atoms with Crippen LogP contribution in [0.25, 0.3) is 0 Å². The Bertz CT molecular complexity index is 785. The zero-order valence-electron chi connectivity index (χ0n) is 16.1. The van der Waals surface area contributed by atoms with E-state index in [9.17, 15) is 9.59 Å². The van der Waals surface area contributed by atoms with Crippen LogP contribution in [-0.4, -0.2) is 65.8 Å². The monoisotopic (exact) mass is 397 g/mol. The summed E-state index contributed by atoms with van der Waals surface area (Å²) in [6.45, 7) is 5.62. The summed E-state index contributed by atoms with van der Waals surface area (Å²) in [7, 11) is 0. The van der Waals surface area contributed by atoms with E-state index in [-0.39, 0.29) is 17.7 Å². The Morgan fingerprint density at radius 3 is 2.43 bits per heavy atom. The molecule has 0 radical (unpaired) electrons. The molecule has 3 heterocycles. The van der Waals surface area contributed by atoms with Gasteiger partial charge in [0.1, 0.15) is 0 Å². The largest absolute Gasteiger partial charge is 0.340 e. The molecule has 2 aromatic rings. The maximum absolute atomic E-state index is 13.0. The predicted octanol–water partition coefficient (Wildman–Crippen LogP) is 2.94. The van der Waals surface area contributed by atoms with Crippen LogP contribution in [0.3, 0.4) is 0 Å². The molecule has 0 N–H and O–H groups in total. The van der Waals surface area contributed by atoms with Crippen molar-refractivity contribution in [1.82, 2.24) is 14.7 Å². The van der Waals surface area contributed by atoms with Gasteiger partial charge in [-0.2, -0.15) is 0 Å². The highest BCUT2D eigenvalue weighted by atomic mass is 32.1. The molecule has 0 aliphatic carbocycles. The lowest BCUT2D eigenvalue weighted by atomic mass is 9.96. The topological polar surface area (TPSA) is 43.9 Å². The Labute approximate surface area is 170 Å². The highest BCUT2D eigenvalue weighted by Crippen LogP contribution is 2.23. The van der Waals surface area contributed by atoms with Crippen molar-refractivity contribution in [1.29, 1.82) is 0 Å². The van der Waals surface area contributed by atoms with Crippen LogP contribution in [-0.2, 0) is 11.3 Å². The summed E-state index contributed by atoms with van der Waals surface area (Å²) in [6.07, 6.45) is 1.79. The highest BCUT2D eigenvalue weighted by molar-refractivity contribution is 7.12. The molecule has 2 aliphatic rings. The number of thiophene rings is 1. The molecule has 0 bridgehead atoms. The van der Waals surface area contributed by atoms with Crippen LogP contribution in [0.15, 0.2) is 47.8 Å². The zero-order valence-corrected chi connectivity index (χ0v) is 16.9. The lowest BCUT2D eigenvalue weighted by Crippen LogP contribution is -2.52. The Hall–Kier alpha value is -2.18. The number of carbonyl (C=O) groups excluding carboxylic acids is 2. The van der Waals surface area contributed by atoms with Crippen molar-refractivity contribution in [3.8, 4) is 0 Å². The van der Waals surface area contributed by atoms with E-state index in [1.165, 1.54) is 16.9 Å². The first-order valence-corrected chi connectivity index (χ1v) is 11.0. The van der Waals surface area contributed by atoms with Crippen molar-refractivity contribution in [2.24, 2.45) is 5.92 Å². The van der Waals surface area contributed by atoms with Gasteiger partial charge in [-0.3, -0.25) is 14.5 Å². The van der Waals surface area contributed by atoms with Crippen molar-refractivity contribution >= 4 is 23.2 Å². The Morgan fingerprint density at radius 1 is 0.929 bits per heavy atom. The van der Waals surface area contributed by atoms with Crippen LogP contribution >= 0.6 is 11.3 Å². The third-order valence-electron chi connectivity index (χ3n) is 5.72. The summed E-state index contributed by atoms with van der Waals surface area (Å²) < 4.78 is 0. The Balaban J connectivity index is 1.29. The molecule has 2 amide bonds. The third kappa shape index (κ3) is 4.45. The molecule has 2 fully saturated rings.